The van der Waals surface area contributed by atoms with Crippen molar-refractivity contribution in [3.63, 3.8) is 0 Å². The second kappa shape index (κ2) is 7.11. The van der Waals surface area contributed by atoms with Gasteiger partial charge in [-0.05, 0) is 43.5 Å². The largest absolute Gasteiger partial charge is 0.378 e. The summed E-state index contributed by atoms with van der Waals surface area (Å²) < 4.78 is 5.40. The molecule has 0 saturated carbocycles. The van der Waals surface area contributed by atoms with Gasteiger partial charge in [-0.2, -0.15) is 0 Å². The van der Waals surface area contributed by atoms with Crippen molar-refractivity contribution in [3.05, 3.63) is 35.5 Å². The number of nitrogens with zero attached hydrogens (tertiary/aromatic N) is 3. The van der Waals surface area contributed by atoms with E-state index in [1.54, 1.807) is 0 Å². The SMILES string of the molecule is Cc1cc(N2CCCC2=O)ccc1N1CCC=C(N2CCOCC2)C1=O. The second-order valence-electron chi connectivity index (χ2n) is 7.05. The number of carbonyl (C=O) groups is 2. The molecule has 0 aliphatic carbocycles. The van der Waals surface area contributed by atoms with Crippen LogP contribution in [0.3, 0.4) is 0 Å². The normalized spacial score (nSPS) is 21.4. The maximum Gasteiger partial charge on any atom is 0.274 e. The number of amides is 2. The van der Waals surface area contributed by atoms with Crippen LogP contribution in [0.2, 0.25) is 0 Å². The van der Waals surface area contributed by atoms with Crippen LogP contribution in [-0.2, 0) is 14.3 Å². The maximum atomic E-state index is 13.1. The first-order valence-electron chi connectivity index (χ1n) is 9.41. The van der Waals surface area contributed by atoms with Crippen LogP contribution in [-0.4, -0.2) is 56.1 Å². The molecular formula is C20H25N3O3. The highest BCUT2D eigenvalue weighted by Gasteiger charge is 2.29. The Kier molecular flexibility index (Phi) is 4.68. The lowest BCUT2D eigenvalue weighted by atomic mass is 10.1. The molecule has 2 saturated heterocycles. The fourth-order valence-corrected chi connectivity index (χ4v) is 3.99. The van der Waals surface area contributed by atoms with E-state index in [-0.39, 0.29) is 11.8 Å². The molecule has 138 valence electrons. The summed E-state index contributed by atoms with van der Waals surface area (Å²) in [6.07, 6.45) is 4.44. The molecule has 26 heavy (non-hydrogen) atoms. The minimum Gasteiger partial charge on any atom is -0.378 e. The Hall–Kier alpha value is -2.34. The summed E-state index contributed by atoms with van der Waals surface area (Å²) in [5.74, 6) is 0.245. The molecule has 2 fully saturated rings. The molecule has 3 aliphatic heterocycles. The van der Waals surface area contributed by atoms with Gasteiger partial charge < -0.3 is 19.4 Å². The van der Waals surface area contributed by atoms with Gasteiger partial charge in [0.05, 0.1) is 18.9 Å². The molecule has 6 heteroatoms. The van der Waals surface area contributed by atoms with Gasteiger partial charge in [0.1, 0.15) is 0 Å². The van der Waals surface area contributed by atoms with E-state index in [1.807, 2.05) is 34.9 Å². The number of ether oxygens (including phenoxy) is 1. The maximum absolute atomic E-state index is 13.1. The predicted octanol–water partition coefficient (Wildman–Crippen LogP) is 2.07. The van der Waals surface area contributed by atoms with Crippen molar-refractivity contribution in [3.8, 4) is 0 Å². The van der Waals surface area contributed by atoms with E-state index in [9.17, 15) is 9.59 Å². The Morgan fingerprint density at radius 2 is 1.81 bits per heavy atom. The van der Waals surface area contributed by atoms with Crippen molar-refractivity contribution in [2.75, 3.05) is 49.2 Å². The average molecular weight is 355 g/mol. The van der Waals surface area contributed by atoms with Crippen LogP contribution in [0.25, 0.3) is 0 Å². The summed E-state index contributed by atoms with van der Waals surface area (Å²) in [4.78, 5) is 30.9. The van der Waals surface area contributed by atoms with Gasteiger partial charge in [-0.1, -0.05) is 6.08 Å². The number of rotatable bonds is 3. The second-order valence-corrected chi connectivity index (χ2v) is 7.05. The molecule has 6 nitrogen and oxygen atoms in total. The summed E-state index contributed by atoms with van der Waals surface area (Å²) in [5, 5.41) is 0. The zero-order valence-electron chi connectivity index (χ0n) is 15.2. The molecule has 0 bridgehead atoms. The zero-order valence-corrected chi connectivity index (χ0v) is 15.2. The Balaban J connectivity index is 1.56. The highest BCUT2D eigenvalue weighted by Crippen LogP contribution is 2.31. The van der Waals surface area contributed by atoms with Crippen LogP contribution < -0.4 is 9.80 Å². The number of morpholine rings is 1. The molecule has 4 rings (SSSR count). The van der Waals surface area contributed by atoms with Gasteiger partial charge in [-0.15, -0.1) is 0 Å². The number of carbonyl (C=O) groups excluding carboxylic acids is 2. The molecule has 0 radical (unpaired) electrons. The standard InChI is InChI=1S/C20H25N3O3/c1-15-14-16(22-8-3-5-19(22)24)6-7-17(15)23-9-2-4-18(20(23)25)21-10-12-26-13-11-21/h4,6-7,14H,2-3,5,8-13H2,1H3. The molecule has 3 aliphatic rings. The van der Waals surface area contributed by atoms with Crippen molar-refractivity contribution >= 4 is 23.2 Å². The van der Waals surface area contributed by atoms with Crippen molar-refractivity contribution < 1.29 is 14.3 Å². The number of hydrogen-bond acceptors (Lipinski definition) is 4. The van der Waals surface area contributed by atoms with Gasteiger partial charge in [0.25, 0.3) is 5.91 Å². The van der Waals surface area contributed by atoms with Gasteiger partial charge in [-0.25, -0.2) is 0 Å². The van der Waals surface area contributed by atoms with Crippen LogP contribution in [0.5, 0.6) is 0 Å². The van der Waals surface area contributed by atoms with Gasteiger partial charge in [0, 0.05) is 44.0 Å². The average Bonchev–Trinajstić information content (AvgIpc) is 3.09. The molecule has 0 aromatic heterocycles. The minimum absolute atomic E-state index is 0.0613. The van der Waals surface area contributed by atoms with Gasteiger partial charge in [0.15, 0.2) is 0 Å². The van der Waals surface area contributed by atoms with E-state index < -0.39 is 0 Å². The third-order valence-electron chi connectivity index (χ3n) is 5.36. The lowest BCUT2D eigenvalue weighted by molar-refractivity contribution is -0.118. The smallest absolute Gasteiger partial charge is 0.274 e. The van der Waals surface area contributed by atoms with Crippen LogP contribution >= 0.6 is 0 Å². The molecule has 0 unspecified atom stereocenters. The highest BCUT2D eigenvalue weighted by molar-refractivity contribution is 6.06. The monoisotopic (exact) mass is 355 g/mol. The molecular weight excluding hydrogens is 330 g/mol. The zero-order chi connectivity index (χ0) is 18.1. The van der Waals surface area contributed by atoms with Gasteiger partial charge in [0.2, 0.25) is 5.91 Å². The van der Waals surface area contributed by atoms with E-state index in [0.29, 0.717) is 26.2 Å². The van der Waals surface area contributed by atoms with Crippen LogP contribution in [0, 0.1) is 6.92 Å². The van der Waals surface area contributed by atoms with Crippen LogP contribution in [0.1, 0.15) is 24.8 Å². The summed E-state index contributed by atoms with van der Waals surface area (Å²) >= 11 is 0. The first kappa shape index (κ1) is 17.1. The molecule has 1 aromatic rings. The summed E-state index contributed by atoms with van der Waals surface area (Å²) in [6, 6.07) is 5.97. The van der Waals surface area contributed by atoms with Crippen molar-refractivity contribution in [1.29, 1.82) is 0 Å². The third-order valence-corrected chi connectivity index (χ3v) is 5.36. The third kappa shape index (κ3) is 3.09. The van der Waals surface area contributed by atoms with Crippen LogP contribution in [0.15, 0.2) is 30.0 Å². The van der Waals surface area contributed by atoms with E-state index in [0.717, 1.165) is 55.1 Å². The molecule has 0 spiro atoms. The van der Waals surface area contributed by atoms with Crippen molar-refractivity contribution in [2.24, 2.45) is 0 Å². The first-order chi connectivity index (χ1) is 12.6. The fraction of sp³-hybridized carbons (Fsp3) is 0.500. The van der Waals surface area contributed by atoms with E-state index >= 15 is 0 Å². The number of anilines is 2. The molecule has 0 N–H and O–H groups in total. The Morgan fingerprint density at radius 3 is 2.50 bits per heavy atom. The molecule has 1 aromatic carbocycles. The molecule has 3 heterocycles. The number of aryl methyl sites for hydroxylation is 1. The topological polar surface area (TPSA) is 53.1 Å². The van der Waals surface area contributed by atoms with Crippen LogP contribution in [0.4, 0.5) is 11.4 Å². The van der Waals surface area contributed by atoms with E-state index in [2.05, 4.69) is 11.0 Å². The molecule has 2 amide bonds. The van der Waals surface area contributed by atoms with E-state index in [1.165, 1.54) is 0 Å². The van der Waals surface area contributed by atoms with E-state index in [4.69, 9.17) is 4.74 Å². The lowest BCUT2D eigenvalue weighted by Gasteiger charge is -2.36. The summed E-state index contributed by atoms with van der Waals surface area (Å²) in [7, 11) is 0. The first-order valence-corrected chi connectivity index (χ1v) is 9.41. The summed E-state index contributed by atoms with van der Waals surface area (Å²) in [6.45, 7) is 6.35. The predicted molar refractivity (Wildman–Crippen MR) is 100 cm³/mol. The quantitative estimate of drug-likeness (QED) is 0.833. The lowest BCUT2D eigenvalue weighted by Crippen LogP contribution is -2.45. The van der Waals surface area contributed by atoms with Crippen molar-refractivity contribution in [2.45, 2.75) is 26.2 Å². The van der Waals surface area contributed by atoms with Gasteiger partial charge in [-0.3, -0.25) is 9.59 Å². The minimum atomic E-state index is 0.0613. The number of benzene rings is 1. The van der Waals surface area contributed by atoms with Crippen molar-refractivity contribution in [1.82, 2.24) is 4.90 Å². The fourth-order valence-electron chi connectivity index (χ4n) is 3.99. The Labute approximate surface area is 154 Å². The molecule has 0 atom stereocenters. The number of hydrogen-bond donors (Lipinski definition) is 0. The van der Waals surface area contributed by atoms with Gasteiger partial charge >= 0.3 is 0 Å². The summed E-state index contributed by atoms with van der Waals surface area (Å²) in [5.41, 5.74) is 3.68. The highest BCUT2D eigenvalue weighted by atomic mass is 16.5. The Morgan fingerprint density at radius 1 is 1.00 bits per heavy atom. The Bertz CT molecular complexity index is 753.